The smallest absolute Gasteiger partial charge is 0.272 e. The molecule has 7 heteroatoms. The summed E-state index contributed by atoms with van der Waals surface area (Å²) in [6.07, 6.45) is 2.99. The molecule has 0 aliphatic heterocycles. The molecule has 4 rings (SSSR count). The first kappa shape index (κ1) is 19.1. The maximum Gasteiger partial charge on any atom is 0.272 e. The minimum absolute atomic E-state index is 0.0482. The van der Waals surface area contributed by atoms with Crippen LogP contribution < -0.4 is 5.32 Å². The number of halogens is 2. The van der Waals surface area contributed by atoms with Gasteiger partial charge in [-0.25, -0.2) is 9.07 Å². The second-order valence-corrected chi connectivity index (χ2v) is 9.15. The zero-order valence-electron chi connectivity index (χ0n) is 16.2. The Labute approximate surface area is 168 Å². The number of carbonyl (C=O) groups is 2. The number of aromatic nitrogens is 2. The van der Waals surface area contributed by atoms with Crippen LogP contribution in [0.4, 0.5) is 4.39 Å². The van der Waals surface area contributed by atoms with E-state index in [1.807, 2.05) is 20.8 Å². The van der Waals surface area contributed by atoms with Gasteiger partial charge in [-0.15, -0.1) is 0 Å². The van der Waals surface area contributed by atoms with E-state index in [0.29, 0.717) is 10.7 Å². The second kappa shape index (κ2) is 6.69. The predicted molar refractivity (Wildman–Crippen MR) is 105 cm³/mol. The van der Waals surface area contributed by atoms with E-state index in [0.717, 1.165) is 30.5 Å². The molecule has 2 aromatic rings. The molecule has 1 aromatic heterocycles. The number of hydrogen-bond donors (Lipinski definition) is 1. The van der Waals surface area contributed by atoms with Crippen LogP contribution in [-0.2, 0) is 4.79 Å². The lowest BCUT2D eigenvalue weighted by Gasteiger charge is -2.17. The van der Waals surface area contributed by atoms with Crippen molar-refractivity contribution in [2.24, 2.45) is 5.41 Å². The van der Waals surface area contributed by atoms with Crippen molar-refractivity contribution in [3.63, 3.8) is 0 Å². The number of carbonyl (C=O) groups excluding carboxylic acids is 2. The molecule has 2 aliphatic rings. The lowest BCUT2D eigenvalue weighted by molar-refractivity contribution is -0.125. The number of nitrogens with one attached hydrogen (secondary N) is 1. The van der Waals surface area contributed by atoms with E-state index >= 15 is 0 Å². The van der Waals surface area contributed by atoms with Crippen LogP contribution in [0.15, 0.2) is 18.2 Å². The highest BCUT2D eigenvalue weighted by Crippen LogP contribution is 2.54. The Balaban J connectivity index is 1.71. The summed E-state index contributed by atoms with van der Waals surface area (Å²) in [4.78, 5) is 25.0. The molecule has 0 spiro atoms. The topological polar surface area (TPSA) is 64.0 Å². The zero-order valence-corrected chi connectivity index (χ0v) is 16.9. The second-order valence-electron chi connectivity index (χ2n) is 8.72. The predicted octanol–water partition coefficient (Wildman–Crippen LogP) is 4.37. The van der Waals surface area contributed by atoms with Gasteiger partial charge in [0.25, 0.3) is 5.91 Å². The van der Waals surface area contributed by atoms with Gasteiger partial charge < -0.3 is 5.32 Å². The molecule has 1 heterocycles. The fourth-order valence-electron chi connectivity index (χ4n) is 4.24. The van der Waals surface area contributed by atoms with E-state index in [4.69, 9.17) is 11.6 Å². The Morgan fingerprint density at radius 3 is 2.68 bits per heavy atom. The molecule has 0 saturated heterocycles. The number of nitrogens with zero attached hydrogens (tertiary/aromatic N) is 2. The molecule has 1 amide bonds. The molecule has 1 fully saturated rings. The third-order valence-corrected chi connectivity index (χ3v) is 6.02. The Bertz CT molecular complexity index is 977. The maximum atomic E-state index is 14.6. The summed E-state index contributed by atoms with van der Waals surface area (Å²) in [6, 6.07) is 4.45. The van der Waals surface area contributed by atoms with Crippen molar-refractivity contribution in [2.75, 3.05) is 6.54 Å². The fraction of sp³-hybridized carbons (Fsp3) is 0.476. The van der Waals surface area contributed by atoms with E-state index in [2.05, 4.69) is 10.4 Å². The van der Waals surface area contributed by atoms with Gasteiger partial charge in [-0.2, -0.15) is 5.10 Å². The molecule has 148 valence electrons. The summed E-state index contributed by atoms with van der Waals surface area (Å²) in [5, 5.41) is 7.50. The summed E-state index contributed by atoms with van der Waals surface area (Å²) in [6.45, 7) is 5.40. The van der Waals surface area contributed by atoms with Crippen molar-refractivity contribution < 1.29 is 14.0 Å². The number of ketones is 1. The Hall–Kier alpha value is -2.21. The summed E-state index contributed by atoms with van der Waals surface area (Å²) in [5.74, 6) is -0.365. The molecule has 0 radical (unpaired) electrons. The van der Waals surface area contributed by atoms with Crippen molar-refractivity contribution >= 4 is 23.3 Å². The molecule has 2 bridgehead atoms. The van der Waals surface area contributed by atoms with E-state index in [1.54, 1.807) is 16.8 Å². The first-order valence-corrected chi connectivity index (χ1v) is 9.94. The van der Waals surface area contributed by atoms with Crippen LogP contribution in [0, 0.1) is 11.2 Å². The van der Waals surface area contributed by atoms with Crippen molar-refractivity contribution in [1.82, 2.24) is 15.1 Å². The molecule has 2 aliphatic carbocycles. The van der Waals surface area contributed by atoms with Gasteiger partial charge in [0.1, 0.15) is 11.5 Å². The first-order valence-electron chi connectivity index (χ1n) is 9.56. The van der Waals surface area contributed by atoms with Gasteiger partial charge in [0.15, 0.2) is 11.5 Å². The standard InChI is InChI=1S/C21H23ClFN3O2/c1-21(2,3)16(27)10-24-20(28)18-17-11-4-5-12(8-11)19(17)26(25-18)15-7-6-13(22)9-14(15)23/h6-7,9,11-12H,4-5,8,10H2,1-3H3,(H,24,28). The number of hydrogen-bond acceptors (Lipinski definition) is 3. The van der Waals surface area contributed by atoms with Crippen LogP contribution in [0.5, 0.6) is 0 Å². The van der Waals surface area contributed by atoms with Crippen LogP contribution >= 0.6 is 11.6 Å². The largest absolute Gasteiger partial charge is 0.344 e. The summed E-state index contributed by atoms with van der Waals surface area (Å²) >= 11 is 5.88. The highest BCUT2D eigenvalue weighted by atomic mass is 35.5. The van der Waals surface area contributed by atoms with Crippen molar-refractivity contribution in [3.05, 3.63) is 46.0 Å². The lowest BCUT2D eigenvalue weighted by atomic mass is 9.91. The highest BCUT2D eigenvalue weighted by molar-refractivity contribution is 6.30. The van der Waals surface area contributed by atoms with Gasteiger partial charge >= 0.3 is 0 Å². The average Bonchev–Trinajstić information content (AvgIpc) is 3.31. The number of fused-ring (bicyclic) bond motifs is 5. The minimum atomic E-state index is -0.528. The lowest BCUT2D eigenvalue weighted by Crippen LogP contribution is -2.36. The molecule has 5 nitrogen and oxygen atoms in total. The Morgan fingerprint density at radius 2 is 2.00 bits per heavy atom. The van der Waals surface area contributed by atoms with Crippen LogP contribution in [0.25, 0.3) is 5.69 Å². The molecule has 28 heavy (non-hydrogen) atoms. The van der Waals surface area contributed by atoms with Crippen LogP contribution in [0.1, 0.15) is 73.6 Å². The molecular formula is C21H23ClFN3O2. The number of Topliss-reactive ketones (excluding diaryl/α,β-unsaturated/α-hetero) is 1. The monoisotopic (exact) mass is 403 g/mol. The van der Waals surface area contributed by atoms with Gasteiger partial charge in [-0.1, -0.05) is 32.4 Å². The third-order valence-electron chi connectivity index (χ3n) is 5.79. The Kier molecular flexibility index (Phi) is 4.57. The quantitative estimate of drug-likeness (QED) is 0.824. The van der Waals surface area contributed by atoms with Gasteiger partial charge in [0.2, 0.25) is 0 Å². The SMILES string of the molecule is CC(C)(C)C(=O)CNC(=O)c1nn(-c2ccc(Cl)cc2F)c2c1C1CCC2C1. The van der Waals surface area contributed by atoms with Crippen LogP contribution in [-0.4, -0.2) is 28.0 Å². The molecule has 2 unspecified atom stereocenters. The first-order chi connectivity index (χ1) is 13.2. The zero-order chi connectivity index (χ0) is 20.2. The van der Waals surface area contributed by atoms with Crippen molar-refractivity contribution in [3.8, 4) is 5.69 Å². The van der Waals surface area contributed by atoms with Crippen LogP contribution in [0.3, 0.4) is 0 Å². The molecular weight excluding hydrogens is 381 g/mol. The molecule has 1 N–H and O–H groups in total. The summed E-state index contributed by atoms with van der Waals surface area (Å²) < 4.78 is 16.1. The number of benzene rings is 1. The molecule has 1 aromatic carbocycles. The molecule has 1 saturated carbocycles. The van der Waals surface area contributed by atoms with Gasteiger partial charge in [0.05, 0.1) is 12.2 Å². The summed E-state index contributed by atoms with van der Waals surface area (Å²) in [7, 11) is 0. The average molecular weight is 404 g/mol. The van der Waals surface area contributed by atoms with Crippen molar-refractivity contribution in [2.45, 2.75) is 51.9 Å². The van der Waals surface area contributed by atoms with Gasteiger partial charge in [-0.05, 0) is 43.4 Å². The number of rotatable bonds is 4. The third kappa shape index (κ3) is 3.13. The van der Waals surface area contributed by atoms with Crippen LogP contribution in [0.2, 0.25) is 5.02 Å². The fourth-order valence-corrected chi connectivity index (χ4v) is 4.40. The summed E-state index contributed by atoms with van der Waals surface area (Å²) in [5.41, 5.74) is 1.90. The van der Waals surface area contributed by atoms with Gasteiger partial charge in [-0.3, -0.25) is 9.59 Å². The van der Waals surface area contributed by atoms with E-state index in [9.17, 15) is 14.0 Å². The highest BCUT2D eigenvalue weighted by Gasteiger charge is 2.44. The normalized spacial score (nSPS) is 20.3. The van der Waals surface area contributed by atoms with Crippen molar-refractivity contribution in [1.29, 1.82) is 0 Å². The Morgan fingerprint density at radius 1 is 1.29 bits per heavy atom. The van der Waals surface area contributed by atoms with E-state index in [1.165, 1.54) is 6.07 Å². The maximum absolute atomic E-state index is 14.6. The van der Waals surface area contributed by atoms with E-state index < -0.39 is 11.2 Å². The minimum Gasteiger partial charge on any atom is -0.344 e. The van der Waals surface area contributed by atoms with E-state index in [-0.39, 0.29) is 35.8 Å². The number of amides is 1. The van der Waals surface area contributed by atoms with Gasteiger partial charge in [0, 0.05) is 21.9 Å². The molecule has 2 atom stereocenters.